The summed E-state index contributed by atoms with van der Waals surface area (Å²) < 4.78 is 0. The van der Waals surface area contributed by atoms with E-state index >= 15 is 0 Å². The first-order valence-corrected chi connectivity index (χ1v) is 5.42. The van der Waals surface area contributed by atoms with Crippen molar-refractivity contribution in [3.8, 4) is 0 Å². The lowest BCUT2D eigenvalue weighted by Gasteiger charge is -2.07. The van der Waals surface area contributed by atoms with Crippen molar-refractivity contribution in [1.82, 2.24) is 4.98 Å². The van der Waals surface area contributed by atoms with E-state index in [4.69, 9.17) is 0 Å². The number of carboxylic acid groups (broad SMARTS) is 1. The molecular weight excluding hydrogens is 226 g/mol. The molecule has 0 radical (unpaired) electrons. The summed E-state index contributed by atoms with van der Waals surface area (Å²) in [4.78, 5) is 15.8. The molecule has 0 aliphatic carbocycles. The van der Waals surface area contributed by atoms with Gasteiger partial charge in [0.2, 0.25) is 0 Å². The molecule has 0 spiro atoms. The van der Waals surface area contributed by atoms with E-state index in [2.05, 4.69) is 24.7 Å². The van der Waals surface area contributed by atoms with E-state index in [9.17, 15) is 9.90 Å². The Morgan fingerprint density at radius 3 is 2.33 bits per heavy atom. The first kappa shape index (κ1) is 13.6. The van der Waals surface area contributed by atoms with Gasteiger partial charge in [0.1, 0.15) is 0 Å². The van der Waals surface area contributed by atoms with Crippen molar-refractivity contribution in [1.29, 1.82) is 0 Å². The standard InChI is InChI=1S/C15H15NO2/c1-5-9-13-11(7-3)14(15(17)18)10(6-2)12(8-4)16-13/h5-9H,1-2,4H2,3H3,(H,17,18)/b11-7+,13-9+. The van der Waals surface area contributed by atoms with Crippen LogP contribution in [-0.4, -0.2) is 16.1 Å². The third-order valence-electron chi connectivity index (χ3n) is 2.51. The average Bonchev–Trinajstić information content (AvgIpc) is 2.37. The van der Waals surface area contributed by atoms with E-state index in [1.54, 1.807) is 25.2 Å². The van der Waals surface area contributed by atoms with E-state index in [0.717, 1.165) is 0 Å². The molecule has 3 nitrogen and oxygen atoms in total. The summed E-state index contributed by atoms with van der Waals surface area (Å²) >= 11 is 0. The molecule has 1 N–H and O–H groups in total. The lowest BCUT2D eigenvalue weighted by atomic mass is 10.0. The number of rotatable bonds is 4. The summed E-state index contributed by atoms with van der Waals surface area (Å²) in [5.74, 6) is -1.01. The van der Waals surface area contributed by atoms with Gasteiger partial charge in [0.05, 0.1) is 16.6 Å². The Morgan fingerprint density at radius 1 is 1.28 bits per heavy atom. The van der Waals surface area contributed by atoms with Crippen molar-refractivity contribution in [3.05, 3.63) is 53.2 Å². The van der Waals surface area contributed by atoms with Crippen LogP contribution < -0.4 is 10.6 Å². The zero-order valence-electron chi connectivity index (χ0n) is 10.3. The lowest BCUT2D eigenvalue weighted by molar-refractivity contribution is 0.0695. The van der Waals surface area contributed by atoms with Gasteiger partial charge in [-0.3, -0.25) is 0 Å². The molecule has 0 aromatic carbocycles. The van der Waals surface area contributed by atoms with Crippen LogP contribution in [0, 0.1) is 0 Å². The molecule has 1 aromatic heterocycles. The summed E-state index contributed by atoms with van der Waals surface area (Å²) in [6.07, 6.45) is 7.95. The SMILES string of the molecule is C=C/C=c1/nc(C=C)c(C=C)c(C(=O)O)/c1=C/C. The van der Waals surface area contributed by atoms with Crippen molar-refractivity contribution in [2.45, 2.75) is 6.92 Å². The number of aromatic carboxylic acids is 1. The predicted octanol–water partition coefficient (Wildman–Crippen LogP) is 1.83. The van der Waals surface area contributed by atoms with Gasteiger partial charge in [0, 0.05) is 10.8 Å². The molecule has 0 saturated heterocycles. The van der Waals surface area contributed by atoms with Crippen molar-refractivity contribution < 1.29 is 9.90 Å². The van der Waals surface area contributed by atoms with Crippen molar-refractivity contribution in [3.63, 3.8) is 0 Å². The first-order chi connectivity index (χ1) is 8.60. The number of pyridine rings is 1. The maximum Gasteiger partial charge on any atom is 0.337 e. The van der Waals surface area contributed by atoms with Crippen molar-refractivity contribution in [2.75, 3.05) is 0 Å². The van der Waals surface area contributed by atoms with Gasteiger partial charge in [-0.15, -0.1) is 0 Å². The second-order valence-electron chi connectivity index (χ2n) is 3.49. The average molecular weight is 241 g/mol. The zero-order chi connectivity index (χ0) is 13.7. The lowest BCUT2D eigenvalue weighted by Crippen LogP contribution is -2.35. The van der Waals surface area contributed by atoms with Crippen LogP contribution in [0.4, 0.5) is 0 Å². The van der Waals surface area contributed by atoms with Gasteiger partial charge in [0.25, 0.3) is 0 Å². The normalized spacial score (nSPS) is 12.3. The summed E-state index contributed by atoms with van der Waals surface area (Å²) in [6, 6.07) is 0. The molecular formula is C15H15NO2. The highest BCUT2D eigenvalue weighted by molar-refractivity contribution is 5.93. The molecule has 0 aliphatic heterocycles. The maximum atomic E-state index is 11.4. The highest BCUT2D eigenvalue weighted by Crippen LogP contribution is 2.10. The monoisotopic (exact) mass is 241 g/mol. The van der Waals surface area contributed by atoms with E-state index in [1.165, 1.54) is 12.2 Å². The smallest absolute Gasteiger partial charge is 0.337 e. The fourth-order valence-corrected chi connectivity index (χ4v) is 1.77. The molecule has 0 fully saturated rings. The topological polar surface area (TPSA) is 50.2 Å². The molecule has 0 unspecified atom stereocenters. The highest BCUT2D eigenvalue weighted by Gasteiger charge is 2.14. The van der Waals surface area contributed by atoms with Gasteiger partial charge in [-0.05, 0) is 19.1 Å². The summed E-state index contributed by atoms with van der Waals surface area (Å²) in [6.45, 7) is 12.7. The minimum Gasteiger partial charge on any atom is -0.478 e. The molecule has 1 aromatic rings. The van der Waals surface area contributed by atoms with Gasteiger partial charge in [-0.25, -0.2) is 9.78 Å². The Hall–Kier alpha value is -2.42. The fraction of sp³-hybridized carbons (Fsp3) is 0.0667. The molecule has 1 rings (SSSR count). The fourth-order valence-electron chi connectivity index (χ4n) is 1.77. The molecule has 0 amide bonds. The highest BCUT2D eigenvalue weighted by atomic mass is 16.4. The minimum absolute atomic E-state index is 0.186. The maximum absolute atomic E-state index is 11.4. The first-order valence-electron chi connectivity index (χ1n) is 5.42. The zero-order valence-corrected chi connectivity index (χ0v) is 10.3. The van der Waals surface area contributed by atoms with Crippen LogP contribution in [0.5, 0.6) is 0 Å². The van der Waals surface area contributed by atoms with Gasteiger partial charge in [-0.2, -0.15) is 0 Å². The van der Waals surface area contributed by atoms with Crippen LogP contribution in [0.2, 0.25) is 0 Å². The summed E-state index contributed by atoms with van der Waals surface area (Å²) in [5, 5.41) is 10.5. The molecule has 0 saturated carbocycles. The summed E-state index contributed by atoms with van der Waals surface area (Å²) in [7, 11) is 0. The van der Waals surface area contributed by atoms with E-state index < -0.39 is 5.97 Å². The molecule has 0 aliphatic rings. The molecule has 3 heteroatoms. The van der Waals surface area contributed by atoms with Gasteiger partial charge < -0.3 is 5.11 Å². The van der Waals surface area contributed by atoms with E-state index in [-0.39, 0.29) is 5.56 Å². The quantitative estimate of drug-likeness (QED) is 0.875. The van der Waals surface area contributed by atoms with Crippen LogP contribution in [0.1, 0.15) is 28.5 Å². The largest absolute Gasteiger partial charge is 0.478 e. The van der Waals surface area contributed by atoms with Crippen LogP contribution >= 0.6 is 0 Å². The van der Waals surface area contributed by atoms with Gasteiger partial charge >= 0.3 is 5.97 Å². The number of carboxylic acids is 1. The molecule has 92 valence electrons. The Kier molecular flexibility index (Phi) is 4.38. The third-order valence-corrected chi connectivity index (χ3v) is 2.51. The molecule has 18 heavy (non-hydrogen) atoms. The Balaban J connectivity index is 4.07. The van der Waals surface area contributed by atoms with Crippen LogP contribution in [0.25, 0.3) is 24.3 Å². The molecule has 0 bridgehead atoms. The van der Waals surface area contributed by atoms with Crippen molar-refractivity contribution >= 4 is 30.3 Å². The third kappa shape index (κ3) is 2.30. The number of carbonyl (C=O) groups is 1. The number of allylic oxidation sites excluding steroid dienone is 1. The minimum atomic E-state index is -1.01. The van der Waals surface area contributed by atoms with Gasteiger partial charge in [0.15, 0.2) is 0 Å². The summed E-state index contributed by atoms with van der Waals surface area (Å²) in [5.41, 5.74) is 1.17. The Bertz CT molecular complexity index is 639. The van der Waals surface area contributed by atoms with Crippen LogP contribution in [0.15, 0.2) is 25.8 Å². The second kappa shape index (κ2) is 5.77. The number of hydrogen-bond donors (Lipinski definition) is 1. The Labute approximate surface area is 106 Å². The van der Waals surface area contributed by atoms with Crippen LogP contribution in [0.3, 0.4) is 0 Å². The molecule has 0 atom stereocenters. The van der Waals surface area contributed by atoms with E-state index in [1.807, 2.05) is 0 Å². The van der Waals surface area contributed by atoms with Gasteiger partial charge in [-0.1, -0.05) is 38.0 Å². The number of hydrogen-bond acceptors (Lipinski definition) is 2. The number of aromatic nitrogens is 1. The second-order valence-corrected chi connectivity index (χ2v) is 3.49. The van der Waals surface area contributed by atoms with Crippen LogP contribution in [-0.2, 0) is 0 Å². The van der Waals surface area contributed by atoms with Crippen molar-refractivity contribution in [2.24, 2.45) is 0 Å². The molecule has 1 heterocycles. The van der Waals surface area contributed by atoms with E-state index in [0.29, 0.717) is 21.8 Å². The predicted molar refractivity (Wildman–Crippen MR) is 75.4 cm³/mol. The number of nitrogens with zero attached hydrogens (tertiary/aromatic N) is 1. The Morgan fingerprint density at radius 2 is 1.94 bits per heavy atom.